The van der Waals surface area contributed by atoms with E-state index in [9.17, 15) is 4.79 Å². The predicted octanol–water partition coefficient (Wildman–Crippen LogP) is 1.59. The van der Waals surface area contributed by atoms with E-state index in [0.29, 0.717) is 17.0 Å². The van der Waals surface area contributed by atoms with Gasteiger partial charge < -0.3 is 16.2 Å². The Kier molecular flexibility index (Phi) is 4.34. The summed E-state index contributed by atoms with van der Waals surface area (Å²) in [6.45, 7) is 1.83. The molecule has 0 unspecified atom stereocenters. The van der Waals surface area contributed by atoms with E-state index in [0.717, 1.165) is 17.4 Å². The standard InChI is InChI=1S/C13H16N2O2/c1-9-10(8-16)5-6-12(17-2)13(9)11(15)4-3-7-14/h3-8H,14-15H2,1-2H3/b7-3-,11-4-. The molecule has 0 aliphatic carbocycles. The summed E-state index contributed by atoms with van der Waals surface area (Å²) >= 11 is 0. The van der Waals surface area contributed by atoms with E-state index in [1.54, 1.807) is 31.4 Å². The van der Waals surface area contributed by atoms with Crippen LogP contribution < -0.4 is 16.2 Å². The van der Waals surface area contributed by atoms with E-state index >= 15 is 0 Å². The first-order chi connectivity index (χ1) is 8.15. The van der Waals surface area contributed by atoms with E-state index in [4.69, 9.17) is 16.2 Å². The molecule has 0 spiro atoms. The monoisotopic (exact) mass is 232 g/mol. The van der Waals surface area contributed by atoms with E-state index in [1.807, 2.05) is 6.92 Å². The Morgan fingerprint density at radius 3 is 2.65 bits per heavy atom. The van der Waals surface area contributed by atoms with Crippen LogP contribution in [0.5, 0.6) is 5.75 Å². The van der Waals surface area contributed by atoms with Crippen LogP contribution in [0, 0.1) is 6.92 Å². The Morgan fingerprint density at radius 2 is 2.12 bits per heavy atom. The lowest BCUT2D eigenvalue weighted by Crippen LogP contribution is -2.04. The van der Waals surface area contributed by atoms with Crippen LogP contribution in [0.15, 0.2) is 30.5 Å². The van der Waals surface area contributed by atoms with Crippen LogP contribution in [0.3, 0.4) is 0 Å². The Labute approximate surface area is 101 Å². The summed E-state index contributed by atoms with van der Waals surface area (Å²) in [6, 6.07) is 3.43. The highest BCUT2D eigenvalue weighted by Gasteiger charge is 2.12. The predicted molar refractivity (Wildman–Crippen MR) is 68.6 cm³/mol. The van der Waals surface area contributed by atoms with Crippen molar-refractivity contribution in [2.75, 3.05) is 7.11 Å². The average molecular weight is 232 g/mol. The van der Waals surface area contributed by atoms with Crippen molar-refractivity contribution in [3.63, 3.8) is 0 Å². The largest absolute Gasteiger partial charge is 0.496 e. The number of ether oxygens (including phenoxy) is 1. The Hall–Kier alpha value is -2.23. The maximum absolute atomic E-state index is 10.9. The Morgan fingerprint density at radius 1 is 1.41 bits per heavy atom. The SMILES string of the molecule is COc1ccc(C=O)c(C)c1/C(N)=C/C=C\N. The molecule has 1 rings (SSSR count). The van der Waals surface area contributed by atoms with E-state index in [1.165, 1.54) is 6.20 Å². The van der Waals surface area contributed by atoms with Gasteiger partial charge in [-0.25, -0.2) is 0 Å². The molecule has 0 radical (unpaired) electrons. The van der Waals surface area contributed by atoms with Crippen LogP contribution in [-0.2, 0) is 0 Å². The van der Waals surface area contributed by atoms with Gasteiger partial charge in [0, 0.05) is 16.8 Å². The number of allylic oxidation sites excluding steroid dienone is 2. The Balaban J connectivity index is 3.42. The highest BCUT2D eigenvalue weighted by atomic mass is 16.5. The summed E-state index contributed by atoms with van der Waals surface area (Å²) in [4.78, 5) is 10.9. The molecule has 17 heavy (non-hydrogen) atoms. The molecule has 0 atom stereocenters. The molecular weight excluding hydrogens is 216 g/mol. The summed E-state index contributed by atoms with van der Waals surface area (Å²) in [5.41, 5.74) is 13.8. The quantitative estimate of drug-likeness (QED) is 0.610. The normalized spacial score (nSPS) is 11.8. The zero-order chi connectivity index (χ0) is 12.8. The molecule has 4 nitrogen and oxygen atoms in total. The van der Waals surface area contributed by atoms with Crippen LogP contribution in [0.25, 0.3) is 5.70 Å². The summed E-state index contributed by atoms with van der Waals surface area (Å²) in [5.74, 6) is 0.632. The molecule has 1 aromatic carbocycles. The topological polar surface area (TPSA) is 78.3 Å². The minimum Gasteiger partial charge on any atom is -0.496 e. The molecule has 90 valence electrons. The van der Waals surface area contributed by atoms with Crippen molar-refractivity contribution in [2.24, 2.45) is 11.5 Å². The fourth-order valence-corrected chi connectivity index (χ4v) is 1.60. The van der Waals surface area contributed by atoms with Crippen molar-refractivity contribution in [3.05, 3.63) is 47.2 Å². The van der Waals surface area contributed by atoms with Gasteiger partial charge in [0.2, 0.25) is 0 Å². The number of hydrogen-bond acceptors (Lipinski definition) is 4. The summed E-state index contributed by atoms with van der Waals surface area (Å²) in [7, 11) is 1.56. The molecule has 0 aromatic heterocycles. The van der Waals surface area contributed by atoms with Crippen LogP contribution in [0.4, 0.5) is 0 Å². The van der Waals surface area contributed by atoms with Gasteiger partial charge in [0.1, 0.15) is 12.0 Å². The third-order valence-electron chi connectivity index (χ3n) is 2.49. The van der Waals surface area contributed by atoms with Crippen LogP contribution in [-0.4, -0.2) is 13.4 Å². The van der Waals surface area contributed by atoms with Gasteiger partial charge in [-0.05, 0) is 43.0 Å². The van der Waals surface area contributed by atoms with Gasteiger partial charge >= 0.3 is 0 Å². The third kappa shape index (κ3) is 2.66. The maximum atomic E-state index is 10.9. The van der Waals surface area contributed by atoms with Gasteiger partial charge in [-0.1, -0.05) is 0 Å². The first-order valence-electron chi connectivity index (χ1n) is 5.12. The number of carbonyl (C=O) groups is 1. The number of methoxy groups -OCH3 is 1. The summed E-state index contributed by atoms with van der Waals surface area (Å²) < 4.78 is 5.23. The second-order valence-corrected chi connectivity index (χ2v) is 3.48. The lowest BCUT2D eigenvalue weighted by molar-refractivity contribution is 0.112. The molecule has 0 saturated carbocycles. The molecule has 0 amide bonds. The molecule has 4 N–H and O–H groups in total. The van der Waals surface area contributed by atoms with Crippen LogP contribution in [0.2, 0.25) is 0 Å². The highest BCUT2D eigenvalue weighted by molar-refractivity contribution is 5.83. The summed E-state index contributed by atoms with van der Waals surface area (Å²) in [6.07, 6.45) is 5.48. The number of carbonyl (C=O) groups excluding carboxylic acids is 1. The maximum Gasteiger partial charge on any atom is 0.150 e. The molecular formula is C13H16N2O2. The number of aldehydes is 1. The third-order valence-corrected chi connectivity index (χ3v) is 2.49. The fourth-order valence-electron chi connectivity index (χ4n) is 1.60. The molecule has 1 aromatic rings. The Bertz CT molecular complexity index is 477. The van der Waals surface area contributed by atoms with Crippen molar-refractivity contribution in [1.82, 2.24) is 0 Å². The van der Waals surface area contributed by atoms with E-state index in [2.05, 4.69) is 0 Å². The minimum absolute atomic E-state index is 0.504. The van der Waals surface area contributed by atoms with Gasteiger partial charge in [-0.15, -0.1) is 0 Å². The van der Waals surface area contributed by atoms with Crippen molar-refractivity contribution in [1.29, 1.82) is 0 Å². The molecule has 0 aliphatic heterocycles. The molecule has 0 heterocycles. The van der Waals surface area contributed by atoms with Crippen molar-refractivity contribution >= 4 is 12.0 Å². The van der Waals surface area contributed by atoms with Crippen molar-refractivity contribution in [3.8, 4) is 5.75 Å². The first-order valence-corrected chi connectivity index (χ1v) is 5.12. The zero-order valence-electron chi connectivity index (χ0n) is 9.94. The van der Waals surface area contributed by atoms with Gasteiger partial charge in [0.15, 0.2) is 0 Å². The van der Waals surface area contributed by atoms with E-state index < -0.39 is 0 Å². The zero-order valence-corrected chi connectivity index (χ0v) is 9.94. The van der Waals surface area contributed by atoms with Crippen LogP contribution >= 0.6 is 0 Å². The number of nitrogens with two attached hydrogens (primary N) is 2. The summed E-state index contributed by atoms with van der Waals surface area (Å²) in [5, 5.41) is 0. The van der Waals surface area contributed by atoms with Gasteiger partial charge in [-0.2, -0.15) is 0 Å². The van der Waals surface area contributed by atoms with Gasteiger partial charge in [0.05, 0.1) is 7.11 Å². The second-order valence-electron chi connectivity index (χ2n) is 3.48. The van der Waals surface area contributed by atoms with Gasteiger partial charge in [0.25, 0.3) is 0 Å². The smallest absolute Gasteiger partial charge is 0.150 e. The number of benzene rings is 1. The van der Waals surface area contributed by atoms with Crippen molar-refractivity contribution < 1.29 is 9.53 Å². The van der Waals surface area contributed by atoms with Crippen LogP contribution in [0.1, 0.15) is 21.5 Å². The molecule has 4 heteroatoms. The first kappa shape index (κ1) is 12.8. The molecule has 0 bridgehead atoms. The molecule has 0 saturated heterocycles. The molecule has 0 fully saturated rings. The molecule has 0 aliphatic rings. The highest BCUT2D eigenvalue weighted by Crippen LogP contribution is 2.28. The minimum atomic E-state index is 0.504. The lowest BCUT2D eigenvalue weighted by Gasteiger charge is -2.13. The van der Waals surface area contributed by atoms with E-state index in [-0.39, 0.29) is 0 Å². The van der Waals surface area contributed by atoms with Gasteiger partial charge in [-0.3, -0.25) is 4.79 Å². The lowest BCUT2D eigenvalue weighted by atomic mass is 9.99. The number of rotatable bonds is 4. The average Bonchev–Trinajstić information content (AvgIpc) is 2.35. The van der Waals surface area contributed by atoms with Crippen molar-refractivity contribution in [2.45, 2.75) is 6.92 Å². The number of hydrogen-bond donors (Lipinski definition) is 2. The fraction of sp³-hybridized carbons (Fsp3) is 0.154. The second kappa shape index (κ2) is 5.75.